The average molecular weight is 177 g/mol. The predicted molar refractivity (Wildman–Crippen MR) is 40.4 cm³/mol. The van der Waals surface area contributed by atoms with Gasteiger partial charge in [0.15, 0.2) is 0 Å². The van der Waals surface area contributed by atoms with Crippen molar-refractivity contribution in [3.63, 3.8) is 0 Å². The third kappa shape index (κ3) is 1.59. The van der Waals surface area contributed by atoms with Gasteiger partial charge in [0.1, 0.15) is 0 Å². The first kappa shape index (κ1) is 8.67. The molecule has 0 N–H and O–H groups in total. The monoisotopic (exact) mass is 177 g/mol. The largest absolute Gasteiger partial charge is 0.280 e. The third-order valence-electron chi connectivity index (χ3n) is 1.80. The molecule has 1 fully saturated rings. The quantitative estimate of drug-likeness (QED) is 0.521. The van der Waals surface area contributed by atoms with Gasteiger partial charge in [0.05, 0.1) is 0 Å². The van der Waals surface area contributed by atoms with Gasteiger partial charge in [0.25, 0.3) is 15.1 Å². The molecule has 0 unspecified atom stereocenters. The molecule has 0 atom stereocenters. The van der Waals surface area contributed by atoms with E-state index in [9.17, 15) is 13.2 Å². The van der Waals surface area contributed by atoms with Gasteiger partial charge in [-0.1, -0.05) is 0 Å². The van der Waals surface area contributed by atoms with E-state index in [-0.39, 0.29) is 6.42 Å². The van der Waals surface area contributed by atoms with Crippen molar-refractivity contribution in [2.45, 2.75) is 19.3 Å². The highest BCUT2D eigenvalue weighted by molar-refractivity contribution is 8.04. The smallest absolute Gasteiger partial charge is 0.276 e. The minimum absolute atomic E-state index is 0.173. The maximum atomic E-state index is 11.1. The summed E-state index contributed by atoms with van der Waals surface area (Å²) in [6.45, 7) is 0.466. The van der Waals surface area contributed by atoms with Crippen LogP contribution in [0.3, 0.4) is 0 Å². The minimum Gasteiger partial charge on any atom is -0.280 e. The van der Waals surface area contributed by atoms with Crippen LogP contribution >= 0.6 is 0 Å². The second kappa shape index (κ2) is 2.91. The molecule has 4 nitrogen and oxygen atoms in total. The zero-order valence-electron chi connectivity index (χ0n) is 6.41. The zero-order valence-corrected chi connectivity index (χ0v) is 7.23. The first-order valence-electron chi connectivity index (χ1n) is 3.54. The van der Waals surface area contributed by atoms with Crippen molar-refractivity contribution in [1.82, 2.24) is 4.31 Å². The van der Waals surface area contributed by atoms with E-state index >= 15 is 0 Å². The van der Waals surface area contributed by atoms with Crippen LogP contribution < -0.4 is 0 Å². The van der Waals surface area contributed by atoms with Crippen molar-refractivity contribution >= 4 is 15.1 Å². The van der Waals surface area contributed by atoms with Gasteiger partial charge in [-0.05, 0) is 12.8 Å². The topological polar surface area (TPSA) is 54.5 Å². The van der Waals surface area contributed by atoms with Crippen LogP contribution in [0, 0.1) is 0 Å². The summed E-state index contributed by atoms with van der Waals surface area (Å²) in [5.74, 6) is 0. The molecule has 1 aliphatic heterocycles. The predicted octanol–water partition coefficient (Wildman–Crippen LogP) is -0.0415. The normalized spacial score (nSPS) is 26.5. The number of carbonyl (C=O) groups is 1. The van der Waals surface area contributed by atoms with Gasteiger partial charge in [0.2, 0.25) is 0 Å². The SMILES string of the molecule is CN1CCCCC(=O)S1(=O)=O. The lowest BCUT2D eigenvalue weighted by Gasteiger charge is -2.10. The number of sulfonamides is 1. The molecule has 11 heavy (non-hydrogen) atoms. The second-order valence-electron chi connectivity index (χ2n) is 2.66. The molecule has 5 heteroatoms. The van der Waals surface area contributed by atoms with Gasteiger partial charge in [-0.15, -0.1) is 0 Å². The number of rotatable bonds is 0. The summed E-state index contributed by atoms with van der Waals surface area (Å²) in [5.41, 5.74) is 0. The molecule has 0 radical (unpaired) electrons. The highest BCUT2D eigenvalue weighted by Crippen LogP contribution is 2.12. The van der Waals surface area contributed by atoms with Crippen molar-refractivity contribution < 1.29 is 13.2 Å². The standard InChI is InChI=1S/C6H11NO3S/c1-7-5-3-2-4-6(8)11(7,9)10/h2-5H2,1H3. The molecule has 1 saturated heterocycles. The van der Waals surface area contributed by atoms with E-state index in [0.717, 1.165) is 10.7 Å². The van der Waals surface area contributed by atoms with Gasteiger partial charge in [-0.3, -0.25) is 4.79 Å². The molecule has 1 rings (SSSR count). The van der Waals surface area contributed by atoms with E-state index in [1.54, 1.807) is 0 Å². The molecule has 0 aromatic carbocycles. The fourth-order valence-electron chi connectivity index (χ4n) is 1.03. The first-order valence-corrected chi connectivity index (χ1v) is 4.98. The Bertz CT molecular complexity index is 257. The van der Waals surface area contributed by atoms with Crippen LogP contribution in [0.15, 0.2) is 0 Å². The number of nitrogens with zero attached hydrogens (tertiary/aromatic N) is 1. The van der Waals surface area contributed by atoms with E-state index in [4.69, 9.17) is 0 Å². The van der Waals surface area contributed by atoms with E-state index < -0.39 is 15.1 Å². The van der Waals surface area contributed by atoms with Crippen LogP contribution in [0.4, 0.5) is 0 Å². The molecule has 1 heterocycles. The summed E-state index contributed by atoms with van der Waals surface area (Å²) in [5, 5.41) is -0.641. The summed E-state index contributed by atoms with van der Waals surface area (Å²) in [6, 6.07) is 0. The first-order chi connectivity index (χ1) is 5.05. The molecular weight excluding hydrogens is 166 g/mol. The maximum absolute atomic E-state index is 11.1. The maximum Gasteiger partial charge on any atom is 0.276 e. The van der Waals surface area contributed by atoms with E-state index in [2.05, 4.69) is 0 Å². The molecule has 0 amide bonds. The van der Waals surface area contributed by atoms with Crippen molar-refractivity contribution in [1.29, 1.82) is 0 Å². The second-order valence-corrected chi connectivity index (χ2v) is 4.68. The van der Waals surface area contributed by atoms with Crippen LogP contribution in [0.25, 0.3) is 0 Å². The number of carbonyl (C=O) groups excluding carboxylic acids is 1. The van der Waals surface area contributed by atoms with Gasteiger partial charge in [-0.2, -0.15) is 4.31 Å². The molecule has 0 bridgehead atoms. The third-order valence-corrected chi connectivity index (χ3v) is 3.58. The lowest BCUT2D eigenvalue weighted by Crippen LogP contribution is -2.31. The van der Waals surface area contributed by atoms with Crippen LogP contribution in [0.2, 0.25) is 0 Å². The minimum atomic E-state index is -3.58. The lowest BCUT2D eigenvalue weighted by molar-refractivity contribution is -0.111. The van der Waals surface area contributed by atoms with Crippen LogP contribution in [0.1, 0.15) is 19.3 Å². The fraction of sp³-hybridized carbons (Fsp3) is 0.833. The van der Waals surface area contributed by atoms with E-state index in [0.29, 0.717) is 13.0 Å². The molecule has 0 aromatic rings. The van der Waals surface area contributed by atoms with E-state index in [1.165, 1.54) is 7.05 Å². The summed E-state index contributed by atoms with van der Waals surface area (Å²) < 4.78 is 23.3. The zero-order chi connectivity index (χ0) is 8.48. The van der Waals surface area contributed by atoms with Gasteiger partial charge in [0, 0.05) is 20.0 Å². The van der Waals surface area contributed by atoms with Crippen molar-refractivity contribution in [3.05, 3.63) is 0 Å². The Kier molecular flexibility index (Phi) is 2.29. The fourth-order valence-corrected chi connectivity index (χ4v) is 2.15. The highest BCUT2D eigenvalue weighted by atomic mass is 32.2. The van der Waals surface area contributed by atoms with Crippen molar-refractivity contribution in [2.24, 2.45) is 0 Å². The molecule has 0 saturated carbocycles. The molecule has 64 valence electrons. The Morgan fingerprint density at radius 1 is 1.36 bits per heavy atom. The molecule has 0 aromatic heterocycles. The summed E-state index contributed by atoms with van der Waals surface area (Å²) in [4.78, 5) is 10.9. The molecule has 0 spiro atoms. The van der Waals surface area contributed by atoms with Gasteiger partial charge in [-0.25, -0.2) is 8.42 Å². The van der Waals surface area contributed by atoms with Crippen LogP contribution in [0.5, 0.6) is 0 Å². The molecule has 0 aliphatic carbocycles. The molecule has 1 aliphatic rings. The summed E-state index contributed by atoms with van der Waals surface area (Å²) >= 11 is 0. The Balaban J connectivity index is 2.95. The van der Waals surface area contributed by atoms with Crippen LogP contribution in [-0.4, -0.2) is 31.4 Å². The Morgan fingerprint density at radius 2 is 2.00 bits per heavy atom. The number of hydrogen-bond donors (Lipinski definition) is 0. The Morgan fingerprint density at radius 3 is 2.64 bits per heavy atom. The lowest BCUT2D eigenvalue weighted by atomic mass is 10.2. The Labute approximate surface area is 66.2 Å². The van der Waals surface area contributed by atoms with Gasteiger partial charge >= 0.3 is 0 Å². The van der Waals surface area contributed by atoms with Crippen LogP contribution in [-0.2, 0) is 14.8 Å². The summed E-state index contributed by atoms with van der Waals surface area (Å²) in [6.07, 6.45) is 1.64. The Hall–Kier alpha value is -0.420. The van der Waals surface area contributed by atoms with Gasteiger partial charge < -0.3 is 0 Å². The molecular formula is C6H11NO3S. The van der Waals surface area contributed by atoms with Crippen molar-refractivity contribution in [2.75, 3.05) is 13.6 Å². The average Bonchev–Trinajstić information content (AvgIpc) is 2.03. The van der Waals surface area contributed by atoms with E-state index in [1.807, 2.05) is 0 Å². The highest BCUT2D eigenvalue weighted by Gasteiger charge is 2.28. The summed E-state index contributed by atoms with van der Waals surface area (Å²) in [7, 11) is -2.14. The van der Waals surface area contributed by atoms with Crippen molar-refractivity contribution in [3.8, 4) is 0 Å². The number of hydrogen-bond acceptors (Lipinski definition) is 3.